The van der Waals surface area contributed by atoms with Crippen molar-refractivity contribution in [3.05, 3.63) is 76.3 Å². The molecule has 1 aliphatic rings. The summed E-state index contributed by atoms with van der Waals surface area (Å²) in [5.41, 5.74) is 2.81. The SMILES string of the molecule is O=C1c2ccccc2C(=O)N1CC(=CBr)c1ccccc1. The minimum absolute atomic E-state index is 0.238. The molecule has 0 spiro atoms. The van der Waals surface area contributed by atoms with E-state index in [1.807, 2.05) is 30.3 Å². The Labute approximate surface area is 131 Å². The second-order valence-corrected chi connectivity index (χ2v) is 5.20. The van der Waals surface area contributed by atoms with Crippen molar-refractivity contribution in [1.29, 1.82) is 0 Å². The summed E-state index contributed by atoms with van der Waals surface area (Å²) >= 11 is 3.32. The zero-order valence-corrected chi connectivity index (χ0v) is 12.7. The Hall–Kier alpha value is -2.20. The number of carbonyl (C=O) groups excluding carboxylic acids is 2. The van der Waals surface area contributed by atoms with Gasteiger partial charge in [-0.15, -0.1) is 0 Å². The molecule has 0 aromatic heterocycles. The molecule has 0 aliphatic carbocycles. The summed E-state index contributed by atoms with van der Waals surface area (Å²) in [6.07, 6.45) is 0. The molecule has 0 saturated carbocycles. The summed E-state index contributed by atoms with van der Waals surface area (Å²) in [5, 5.41) is 0. The molecule has 0 N–H and O–H groups in total. The predicted molar refractivity (Wildman–Crippen MR) is 85.2 cm³/mol. The van der Waals surface area contributed by atoms with Crippen molar-refractivity contribution in [2.45, 2.75) is 0 Å². The Morgan fingerprint density at radius 1 is 0.905 bits per heavy atom. The topological polar surface area (TPSA) is 37.4 Å². The Kier molecular flexibility index (Phi) is 3.71. The van der Waals surface area contributed by atoms with Gasteiger partial charge in [0.1, 0.15) is 0 Å². The molecule has 0 bridgehead atoms. The van der Waals surface area contributed by atoms with Crippen molar-refractivity contribution in [3.8, 4) is 0 Å². The summed E-state index contributed by atoms with van der Waals surface area (Å²) in [5.74, 6) is -0.475. The highest BCUT2D eigenvalue weighted by atomic mass is 79.9. The number of hydrogen-bond acceptors (Lipinski definition) is 2. The highest BCUT2D eigenvalue weighted by Crippen LogP contribution is 2.26. The number of hydrogen-bond donors (Lipinski definition) is 0. The lowest BCUT2D eigenvalue weighted by molar-refractivity contribution is 0.0675. The van der Waals surface area contributed by atoms with Gasteiger partial charge >= 0.3 is 0 Å². The first kappa shape index (κ1) is 13.8. The van der Waals surface area contributed by atoms with Gasteiger partial charge in [-0.3, -0.25) is 14.5 Å². The van der Waals surface area contributed by atoms with Crippen LogP contribution in [0.3, 0.4) is 0 Å². The Bertz CT molecular complexity index is 702. The first-order valence-corrected chi connectivity index (χ1v) is 7.44. The molecule has 0 atom stereocenters. The second-order valence-electron chi connectivity index (χ2n) is 4.74. The van der Waals surface area contributed by atoms with Crippen LogP contribution in [0.25, 0.3) is 5.57 Å². The fourth-order valence-corrected chi connectivity index (χ4v) is 2.80. The van der Waals surface area contributed by atoms with E-state index in [1.165, 1.54) is 4.90 Å². The first-order chi connectivity index (χ1) is 10.2. The van der Waals surface area contributed by atoms with E-state index in [0.717, 1.165) is 11.1 Å². The molecule has 0 unspecified atom stereocenters. The second kappa shape index (κ2) is 5.66. The van der Waals surface area contributed by atoms with E-state index < -0.39 is 0 Å². The number of rotatable bonds is 3. The largest absolute Gasteiger partial charge is 0.270 e. The lowest BCUT2D eigenvalue weighted by atomic mass is 10.1. The van der Waals surface area contributed by atoms with Crippen LogP contribution >= 0.6 is 15.9 Å². The zero-order valence-electron chi connectivity index (χ0n) is 11.1. The van der Waals surface area contributed by atoms with Gasteiger partial charge in [0.25, 0.3) is 11.8 Å². The summed E-state index contributed by atoms with van der Waals surface area (Å²) in [6.45, 7) is 0.252. The molecule has 0 fully saturated rings. The predicted octanol–water partition coefficient (Wildman–Crippen LogP) is 3.72. The number of nitrogens with zero attached hydrogens (tertiary/aromatic N) is 1. The van der Waals surface area contributed by atoms with E-state index in [1.54, 1.807) is 29.3 Å². The summed E-state index contributed by atoms with van der Waals surface area (Å²) in [7, 11) is 0. The summed E-state index contributed by atoms with van der Waals surface area (Å²) < 4.78 is 0. The van der Waals surface area contributed by atoms with Crippen molar-refractivity contribution in [2.75, 3.05) is 6.54 Å². The van der Waals surface area contributed by atoms with Gasteiger partial charge in [-0.25, -0.2) is 0 Å². The molecular formula is C17H12BrNO2. The van der Waals surface area contributed by atoms with E-state index in [0.29, 0.717) is 11.1 Å². The molecule has 2 aromatic carbocycles. The molecule has 1 aliphatic heterocycles. The third-order valence-corrected chi connectivity index (χ3v) is 4.04. The maximum atomic E-state index is 12.4. The van der Waals surface area contributed by atoms with Crippen molar-refractivity contribution >= 4 is 33.3 Å². The smallest absolute Gasteiger partial charge is 0.261 e. The van der Waals surface area contributed by atoms with E-state index >= 15 is 0 Å². The van der Waals surface area contributed by atoms with Gasteiger partial charge in [0.15, 0.2) is 0 Å². The number of fused-ring (bicyclic) bond motifs is 1. The van der Waals surface area contributed by atoms with Crippen LogP contribution in [0.1, 0.15) is 26.3 Å². The molecular weight excluding hydrogens is 330 g/mol. The lowest BCUT2D eigenvalue weighted by Crippen LogP contribution is -2.31. The highest BCUT2D eigenvalue weighted by Gasteiger charge is 2.35. The molecule has 0 saturated heterocycles. The van der Waals surface area contributed by atoms with Crippen LogP contribution in [0.5, 0.6) is 0 Å². The molecule has 2 amide bonds. The van der Waals surface area contributed by atoms with Crippen molar-refractivity contribution in [3.63, 3.8) is 0 Å². The summed E-state index contributed by atoms with van der Waals surface area (Å²) in [6, 6.07) is 16.6. The van der Waals surface area contributed by atoms with Gasteiger partial charge < -0.3 is 0 Å². The molecule has 21 heavy (non-hydrogen) atoms. The van der Waals surface area contributed by atoms with Crippen LogP contribution in [-0.2, 0) is 0 Å². The Balaban J connectivity index is 1.90. The number of halogens is 1. The van der Waals surface area contributed by atoms with Gasteiger partial charge in [0, 0.05) is 0 Å². The monoisotopic (exact) mass is 341 g/mol. The van der Waals surface area contributed by atoms with Crippen LogP contribution < -0.4 is 0 Å². The van der Waals surface area contributed by atoms with Crippen molar-refractivity contribution in [2.24, 2.45) is 0 Å². The van der Waals surface area contributed by atoms with Gasteiger partial charge in [0.05, 0.1) is 17.7 Å². The zero-order chi connectivity index (χ0) is 14.8. The third-order valence-electron chi connectivity index (χ3n) is 3.48. The van der Waals surface area contributed by atoms with Crippen LogP contribution in [0.15, 0.2) is 59.6 Å². The Morgan fingerprint density at radius 2 is 1.43 bits per heavy atom. The molecule has 3 nitrogen and oxygen atoms in total. The van der Waals surface area contributed by atoms with Crippen molar-refractivity contribution < 1.29 is 9.59 Å². The molecule has 4 heteroatoms. The molecule has 2 aromatic rings. The third kappa shape index (κ3) is 2.43. The Morgan fingerprint density at radius 3 is 1.95 bits per heavy atom. The quantitative estimate of drug-likeness (QED) is 0.798. The maximum Gasteiger partial charge on any atom is 0.261 e. The average molecular weight is 342 g/mol. The number of benzene rings is 2. The van der Waals surface area contributed by atoms with Gasteiger partial charge in [-0.2, -0.15) is 0 Å². The molecule has 104 valence electrons. The minimum Gasteiger partial charge on any atom is -0.270 e. The van der Waals surface area contributed by atoms with Crippen molar-refractivity contribution in [1.82, 2.24) is 4.90 Å². The van der Waals surface area contributed by atoms with Gasteiger partial charge in [-0.1, -0.05) is 58.4 Å². The average Bonchev–Trinajstić information content (AvgIpc) is 2.78. The van der Waals surface area contributed by atoms with Crippen LogP contribution in [0, 0.1) is 0 Å². The molecule has 0 radical (unpaired) electrons. The fraction of sp³-hybridized carbons (Fsp3) is 0.0588. The van der Waals surface area contributed by atoms with E-state index in [9.17, 15) is 9.59 Å². The summed E-state index contributed by atoms with van der Waals surface area (Å²) in [4.78, 5) is 27.7. The fourth-order valence-electron chi connectivity index (χ4n) is 2.39. The lowest BCUT2D eigenvalue weighted by Gasteiger charge is -2.16. The van der Waals surface area contributed by atoms with Crippen LogP contribution in [-0.4, -0.2) is 23.3 Å². The van der Waals surface area contributed by atoms with E-state index in [-0.39, 0.29) is 18.4 Å². The van der Waals surface area contributed by atoms with E-state index in [4.69, 9.17) is 0 Å². The normalized spacial score (nSPS) is 14.5. The highest BCUT2D eigenvalue weighted by molar-refractivity contribution is 9.11. The number of amides is 2. The maximum absolute atomic E-state index is 12.4. The van der Waals surface area contributed by atoms with Crippen LogP contribution in [0.4, 0.5) is 0 Å². The van der Waals surface area contributed by atoms with Gasteiger partial charge in [-0.05, 0) is 28.3 Å². The minimum atomic E-state index is -0.238. The molecule has 3 rings (SSSR count). The van der Waals surface area contributed by atoms with Gasteiger partial charge in [0.2, 0.25) is 0 Å². The number of imide groups is 1. The van der Waals surface area contributed by atoms with E-state index in [2.05, 4.69) is 15.9 Å². The first-order valence-electron chi connectivity index (χ1n) is 6.52. The van der Waals surface area contributed by atoms with Crippen LogP contribution in [0.2, 0.25) is 0 Å². The number of carbonyl (C=O) groups is 2. The molecule has 1 heterocycles. The standard InChI is InChI=1S/C17H12BrNO2/c18-10-13(12-6-2-1-3-7-12)11-19-16(20)14-8-4-5-9-15(14)17(19)21/h1-10H,11H2.